The highest BCUT2D eigenvalue weighted by Crippen LogP contribution is 2.19. The first-order valence-electron chi connectivity index (χ1n) is 10.3. The van der Waals surface area contributed by atoms with Gasteiger partial charge in [-0.15, -0.1) is 0 Å². The Balaban J connectivity index is 0.000000156. The smallest absolute Gasteiger partial charge is 0.0949 e. The SMILES string of the molecule is Cc1cn(CC[C@H]2CCCN2)cn1.OC[C@H]1CCCN1Cc1ccccc1. The van der Waals surface area contributed by atoms with Crippen molar-refractivity contribution < 1.29 is 5.11 Å². The van der Waals surface area contributed by atoms with Gasteiger partial charge in [0.05, 0.1) is 18.6 Å². The number of nitrogens with one attached hydrogen (secondary N) is 1. The van der Waals surface area contributed by atoms with Crippen molar-refractivity contribution in [2.45, 2.75) is 64.2 Å². The number of imidazole rings is 1. The van der Waals surface area contributed by atoms with E-state index in [0.29, 0.717) is 12.6 Å². The monoisotopic (exact) mass is 370 g/mol. The van der Waals surface area contributed by atoms with Crippen LogP contribution in [0.3, 0.4) is 0 Å². The second-order valence-electron chi connectivity index (χ2n) is 7.77. The van der Waals surface area contributed by atoms with Crippen molar-refractivity contribution in [1.82, 2.24) is 19.8 Å². The molecule has 27 heavy (non-hydrogen) atoms. The summed E-state index contributed by atoms with van der Waals surface area (Å²) >= 11 is 0. The number of hydrogen-bond donors (Lipinski definition) is 2. The number of hydrogen-bond acceptors (Lipinski definition) is 4. The Morgan fingerprint density at radius 3 is 2.70 bits per heavy atom. The average molecular weight is 371 g/mol. The molecule has 148 valence electrons. The molecule has 2 aromatic rings. The molecule has 2 aliphatic heterocycles. The summed E-state index contributed by atoms with van der Waals surface area (Å²) in [5.74, 6) is 0. The van der Waals surface area contributed by atoms with Gasteiger partial charge < -0.3 is 15.0 Å². The lowest BCUT2D eigenvalue weighted by atomic mass is 10.1. The second kappa shape index (κ2) is 10.6. The Morgan fingerprint density at radius 1 is 1.19 bits per heavy atom. The molecule has 2 N–H and O–H groups in total. The van der Waals surface area contributed by atoms with Crippen LogP contribution in [-0.2, 0) is 13.1 Å². The van der Waals surface area contributed by atoms with Crippen molar-refractivity contribution >= 4 is 0 Å². The minimum atomic E-state index is 0.298. The number of aromatic nitrogens is 2. The van der Waals surface area contributed by atoms with Crippen molar-refractivity contribution in [3.8, 4) is 0 Å². The Labute approximate surface area is 163 Å². The minimum Gasteiger partial charge on any atom is -0.395 e. The van der Waals surface area contributed by atoms with Crippen LogP contribution in [0.5, 0.6) is 0 Å². The van der Waals surface area contributed by atoms with E-state index in [1.165, 1.54) is 37.8 Å². The topological polar surface area (TPSA) is 53.3 Å². The molecule has 1 aromatic carbocycles. The highest BCUT2D eigenvalue weighted by Gasteiger charge is 2.23. The number of benzene rings is 1. The number of aliphatic hydroxyl groups excluding tert-OH is 1. The van der Waals surface area contributed by atoms with Gasteiger partial charge in [-0.2, -0.15) is 0 Å². The minimum absolute atomic E-state index is 0.298. The van der Waals surface area contributed by atoms with Crippen molar-refractivity contribution in [1.29, 1.82) is 0 Å². The fourth-order valence-corrected chi connectivity index (χ4v) is 4.03. The molecule has 2 saturated heterocycles. The van der Waals surface area contributed by atoms with Gasteiger partial charge in [-0.25, -0.2) is 4.98 Å². The van der Waals surface area contributed by atoms with Gasteiger partial charge in [-0.3, -0.25) is 4.90 Å². The van der Waals surface area contributed by atoms with Crippen LogP contribution in [0, 0.1) is 6.92 Å². The van der Waals surface area contributed by atoms with E-state index in [2.05, 4.69) is 50.2 Å². The highest BCUT2D eigenvalue weighted by atomic mass is 16.3. The van der Waals surface area contributed by atoms with Crippen LogP contribution in [0.2, 0.25) is 0 Å². The van der Waals surface area contributed by atoms with Crippen LogP contribution in [0.1, 0.15) is 43.4 Å². The highest BCUT2D eigenvalue weighted by molar-refractivity contribution is 5.14. The van der Waals surface area contributed by atoms with E-state index < -0.39 is 0 Å². The Hall–Kier alpha value is -1.69. The first-order valence-corrected chi connectivity index (χ1v) is 10.3. The van der Waals surface area contributed by atoms with E-state index in [1.807, 2.05) is 19.3 Å². The molecule has 2 atom stereocenters. The number of nitrogens with zero attached hydrogens (tertiary/aromatic N) is 3. The van der Waals surface area contributed by atoms with Gasteiger partial charge in [-0.1, -0.05) is 30.3 Å². The van der Waals surface area contributed by atoms with Crippen LogP contribution in [0.25, 0.3) is 0 Å². The molecule has 5 nitrogen and oxygen atoms in total. The summed E-state index contributed by atoms with van der Waals surface area (Å²) in [6, 6.07) is 11.6. The Kier molecular flexibility index (Phi) is 7.87. The van der Waals surface area contributed by atoms with E-state index in [0.717, 1.165) is 37.8 Å². The van der Waals surface area contributed by atoms with Gasteiger partial charge in [0.15, 0.2) is 0 Å². The van der Waals surface area contributed by atoms with E-state index in [-0.39, 0.29) is 0 Å². The molecule has 0 aliphatic carbocycles. The van der Waals surface area contributed by atoms with Crippen LogP contribution in [0.4, 0.5) is 0 Å². The molecule has 0 spiro atoms. The summed E-state index contributed by atoms with van der Waals surface area (Å²) < 4.78 is 2.18. The van der Waals surface area contributed by atoms with Gasteiger partial charge in [0.2, 0.25) is 0 Å². The van der Waals surface area contributed by atoms with E-state index in [1.54, 1.807) is 0 Å². The van der Waals surface area contributed by atoms with Crippen molar-refractivity contribution in [2.75, 3.05) is 19.7 Å². The van der Waals surface area contributed by atoms with Crippen molar-refractivity contribution in [3.05, 3.63) is 54.1 Å². The largest absolute Gasteiger partial charge is 0.395 e. The molecule has 5 heteroatoms. The maximum absolute atomic E-state index is 9.17. The standard InChI is InChI=1S/C12H17NO.C10H17N3/c14-10-12-7-4-8-13(12)9-11-5-2-1-3-6-11;1-9-7-13(8-12-9)6-4-10-3-2-5-11-10/h1-3,5-6,12,14H,4,7-10H2;7-8,10-11H,2-6H2,1H3/t12-;10-/m11/s1. The third-order valence-corrected chi connectivity index (χ3v) is 5.60. The van der Waals surface area contributed by atoms with E-state index in [4.69, 9.17) is 0 Å². The molecule has 0 bridgehead atoms. The molecular weight excluding hydrogens is 336 g/mol. The molecule has 1 aromatic heterocycles. The lowest BCUT2D eigenvalue weighted by Gasteiger charge is -2.22. The fraction of sp³-hybridized carbons (Fsp3) is 0.591. The summed E-state index contributed by atoms with van der Waals surface area (Å²) in [4.78, 5) is 6.57. The maximum atomic E-state index is 9.17. The third kappa shape index (κ3) is 6.45. The zero-order valence-corrected chi connectivity index (χ0v) is 16.6. The zero-order chi connectivity index (χ0) is 18.9. The van der Waals surface area contributed by atoms with Gasteiger partial charge in [0, 0.05) is 31.4 Å². The Morgan fingerprint density at radius 2 is 2.04 bits per heavy atom. The predicted molar refractivity (Wildman–Crippen MR) is 110 cm³/mol. The van der Waals surface area contributed by atoms with Gasteiger partial charge in [0.1, 0.15) is 0 Å². The van der Waals surface area contributed by atoms with Crippen molar-refractivity contribution in [3.63, 3.8) is 0 Å². The second-order valence-corrected chi connectivity index (χ2v) is 7.77. The summed E-state index contributed by atoms with van der Waals surface area (Å²) in [5, 5.41) is 12.7. The zero-order valence-electron chi connectivity index (χ0n) is 16.6. The average Bonchev–Trinajstić information content (AvgIpc) is 3.44. The lowest BCUT2D eigenvalue weighted by molar-refractivity contribution is 0.153. The fourth-order valence-electron chi connectivity index (χ4n) is 4.03. The van der Waals surface area contributed by atoms with Crippen LogP contribution >= 0.6 is 0 Å². The first-order chi connectivity index (χ1) is 13.2. The molecule has 0 amide bonds. The van der Waals surface area contributed by atoms with Crippen molar-refractivity contribution in [2.24, 2.45) is 0 Å². The third-order valence-electron chi connectivity index (χ3n) is 5.60. The number of aliphatic hydroxyl groups is 1. The normalized spacial score (nSPS) is 22.6. The molecule has 4 rings (SSSR count). The summed E-state index contributed by atoms with van der Waals surface area (Å²) in [5.41, 5.74) is 2.45. The summed E-state index contributed by atoms with van der Waals surface area (Å²) in [6.45, 7) is 6.73. The Bertz CT molecular complexity index is 651. The van der Waals surface area contributed by atoms with Gasteiger partial charge >= 0.3 is 0 Å². The number of rotatable bonds is 6. The molecule has 0 unspecified atom stereocenters. The molecule has 2 fully saturated rings. The molecular formula is C22H34N4O. The summed E-state index contributed by atoms with van der Waals surface area (Å²) in [6.07, 6.45) is 10.3. The van der Waals surface area contributed by atoms with Crippen LogP contribution < -0.4 is 5.32 Å². The number of aryl methyl sites for hydroxylation is 2. The molecule has 0 saturated carbocycles. The maximum Gasteiger partial charge on any atom is 0.0949 e. The van der Waals surface area contributed by atoms with Gasteiger partial charge in [-0.05, 0) is 57.7 Å². The molecule has 3 heterocycles. The lowest BCUT2D eigenvalue weighted by Crippen LogP contribution is -2.31. The summed E-state index contributed by atoms with van der Waals surface area (Å²) in [7, 11) is 0. The van der Waals surface area contributed by atoms with Crippen LogP contribution in [-0.4, -0.2) is 51.3 Å². The quantitative estimate of drug-likeness (QED) is 0.821. The predicted octanol–water partition coefficient (Wildman–Crippen LogP) is 2.98. The first kappa shape index (κ1) is 20.1. The van der Waals surface area contributed by atoms with Gasteiger partial charge in [0.25, 0.3) is 0 Å². The number of likely N-dealkylation sites (tertiary alicyclic amines) is 1. The van der Waals surface area contributed by atoms with E-state index >= 15 is 0 Å². The van der Waals surface area contributed by atoms with Crippen LogP contribution in [0.15, 0.2) is 42.9 Å². The van der Waals surface area contributed by atoms with E-state index in [9.17, 15) is 5.11 Å². The molecule has 0 radical (unpaired) electrons. The molecule has 2 aliphatic rings.